The van der Waals surface area contributed by atoms with Crippen LogP contribution in [0.1, 0.15) is 11.1 Å². The number of rotatable bonds is 3. The number of benzene rings is 2. The highest BCUT2D eigenvalue weighted by Gasteiger charge is 2.16. The van der Waals surface area contributed by atoms with E-state index in [2.05, 4.69) is 4.98 Å². The minimum absolute atomic E-state index is 0.0215. The van der Waals surface area contributed by atoms with Crippen molar-refractivity contribution in [2.24, 2.45) is 0 Å². The number of para-hydroxylation sites is 1. The predicted molar refractivity (Wildman–Crippen MR) is 79.8 cm³/mol. The van der Waals surface area contributed by atoms with E-state index in [0.717, 1.165) is 33.3 Å². The third-order valence-electron chi connectivity index (χ3n) is 3.54. The van der Waals surface area contributed by atoms with E-state index in [-0.39, 0.29) is 6.42 Å². The average Bonchev–Trinajstić information content (AvgIpc) is 2.80. The zero-order valence-corrected chi connectivity index (χ0v) is 11.2. The normalized spacial score (nSPS) is 10.8. The topological polar surface area (TPSA) is 53.1 Å². The van der Waals surface area contributed by atoms with Crippen LogP contribution >= 0.6 is 0 Å². The number of carboxylic acids is 1. The summed E-state index contributed by atoms with van der Waals surface area (Å²) >= 11 is 0. The molecule has 3 nitrogen and oxygen atoms in total. The molecule has 2 N–H and O–H groups in total. The SMILES string of the molecule is Cc1cccc2c(CC(=O)O)c(-c3ccccc3)[nH]c12. The Labute approximate surface area is 116 Å². The van der Waals surface area contributed by atoms with Gasteiger partial charge in [0.05, 0.1) is 12.1 Å². The highest BCUT2D eigenvalue weighted by Crippen LogP contribution is 2.32. The van der Waals surface area contributed by atoms with E-state index in [9.17, 15) is 9.90 Å². The Bertz CT molecular complexity index is 772. The Morgan fingerprint density at radius 2 is 1.85 bits per heavy atom. The smallest absolute Gasteiger partial charge is 0.307 e. The lowest BCUT2D eigenvalue weighted by molar-refractivity contribution is -0.136. The lowest BCUT2D eigenvalue weighted by atomic mass is 10.0. The van der Waals surface area contributed by atoms with Gasteiger partial charge in [-0.3, -0.25) is 4.79 Å². The molecule has 1 heterocycles. The number of fused-ring (bicyclic) bond motifs is 1. The maximum absolute atomic E-state index is 11.2. The van der Waals surface area contributed by atoms with Crippen molar-refractivity contribution in [3.63, 3.8) is 0 Å². The maximum Gasteiger partial charge on any atom is 0.307 e. The first-order chi connectivity index (χ1) is 9.66. The first kappa shape index (κ1) is 12.5. The van der Waals surface area contributed by atoms with Crippen LogP contribution in [0.3, 0.4) is 0 Å². The Balaban J connectivity index is 2.30. The van der Waals surface area contributed by atoms with E-state index in [1.165, 1.54) is 0 Å². The third kappa shape index (κ3) is 2.07. The van der Waals surface area contributed by atoms with Gasteiger partial charge in [-0.15, -0.1) is 0 Å². The fraction of sp³-hybridized carbons (Fsp3) is 0.118. The van der Waals surface area contributed by atoms with Crippen LogP contribution in [0.25, 0.3) is 22.2 Å². The first-order valence-electron chi connectivity index (χ1n) is 6.54. The standard InChI is InChI=1S/C17H15NO2/c1-11-6-5-9-13-14(10-15(19)20)17(18-16(11)13)12-7-3-2-4-8-12/h2-9,18H,10H2,1H3,(H,19,20). The number of carbonyl (C=O) groups is 1. The van der Waals surface area contributed by atoms with Crippen LogP contribution in [0, 0.1) is 6.92 Å². The molecule has 0 saturated heterocycles. The molecule has 0 aliphatic heterocycles. The average molecular weight is 265 g/mol. The monoisotopic (exact) mass is 265 g/mol. The minimum Gasteiger partial charge on any atom is -0.481 e. The van der Waals surface area contributed by atoms with Gasteiger partial charge in [-0.1, -0.05) is 48.5 Å². The van der Waals surface area contributed by atoms with Gasteiger partial charge in [-0.25, -0.2) is 0 Å². The van der Waals surface area contributed by atoms with Crippen molar-refractivity contribution in [3.05, 3.63) is 59.7 Å². The van der Waals surface area contributed by atoms with Gasteiger partial charge in [0.25, 0.3) is 0 Å². The largest absolute Gasteiger partial charge is 0.481 e. The van der Waals surface area contributed by atoms with Gasteiger partial charge in [-0.05, 0) is 23.6 Å². The molecule has 0 unspecified atom stereocenters. The van der Waals surface area contributed by atoms with Crippen molar-refractivity contribution >= 4 is 16.9 Å². The van der Waals surface area contributed by atoms with E-state index in [4.69, 9.17) is 0 Å². The van der Waals surface area contributed by atoms with Crippen molar-refractivity contribution in [1.82, 2.24) is 4.98 Å². The third-order valence-corrected chi connectivity index (χ3v) is 3.54. The summed E-state index contributed by atoms with van der Waals surface area (Å²) in [5.41, 5.74) is 4.90. The number of aromatic amines is 1. The van der Waals surface area contributed by atoms with Crippen molar-refractivity contribution < 1.29 is 9.90 Å². The number of nitrogens with one attached hydrogen (secondary N) is 1. The fourth-order valence-electron chi connectivity index (χ4n) is 2.61. The Morgan fingerprint density at radius 1 is 1.10 bits per heavy atom. The molecular weight excluding hydrogens is 250 g/mol. The Morgan fingerprint density at radius 3 is 2.55 bits per heavy atom. The molecule has 0 aliphatic rings. The summed E-state index contributed by atoms with van der Waals surface area (Å²) in [5, 5.41) is 10.2. The Kier molecular flexibility index (Phi) is 3.03. The zero-order chi connectivity index (χ0) is 14.1. The molecule has 0 radical (unpaired) electrons. The zero-order valence-electron chi connectivity index (χ0n) is 11.2. The number of aromatic nitrogens is 1. The van der Waals surface area contributed by atoms with E-state index >= 15 is 0 Å². The Hall–Kier alpha value is -2.55. The van der Waals surface area contributed by atoms with Crippen molar-refractivity contribution in [2.45, 2.75) is 13.3 Å². The number of aryl methyl sites for hydroxylation is 1. The molecule has 0 spiro atoms. The van der Waals surface area contributed by atoms with Crippen molar-refractivity contribution in [2.75, 3.05) is 0 Å². The summed E-state index contributed by atoms with van der Waals surface area (Å²) < 4.78 is 0. The lowest BCUT2D eigenvalue weighted by Crippen LogP contribution is -2.00. The number of aliphatic carboxylic acids is 1. The van der Waals surface area contributed by atoms with Gasteiger partial charge in [0.15, 0.2) is 0 Å². The van der Waals surface area contributed by atoms with E-state index in [1.807, 2.05) is 55.5 Å². The molecule has 2 aromatic carbocycles. The molecule has 20 heavy (non-hydrogen) atoms. The highest BCUT2D eigenvalue weighted by molar-refractivity contribution is 5.95. The predicted octanol–water partition coefficient (Wildman–Crippen LogP) is 3.77. The van der Waals surface area contributed by atoms with Gasteiger partial charge in [0.2, 0.25) is 0 Å². The summed E-state index contributed by atoms with van der Waals surface area (Å²) in [6.07, 6.45) is 0.0215. The molecule has 0 fully saturated rings. The molecule has 3 rings (SSSR count). The molecular formula is C17H15NO2. The minimum atomic E-state index is -0.815. The maximum atomic E-state index is 11.2. The lowest BCUT2D eigenvalue weighted by Gasteiger charge is -2.02. The quantitative estimate of drug-likeness (QED) is 0.757. The van der Waals surface area contributed by atoms with Crippen LogP contribution < -0.4 is 0 Å². The molecule has 0 amide bonds. The number of hydrogen-bond donors (Lipinski definition) is 2. The van der Waals surface area contributed by atoms with Crippen molar-refractivity contribution in [1.29, 1.82) is 0 Å². The van der Waals surface area contributed by atoms with Crippen molar-refractivity contribution in [3.8, 4) is 11.3 Å². The van der Waals surface area contributed by atoms with Crippen LogP contribution in [-0.2, 0) is 11.2 Å². The summed E-state index contributed by atoms with van der Waals surface area (Å²) in [6, 6.07) is 15.8. The molecule has 0 saturated carbocycles. The van der Waals surface area contributed by atoms with E-state index in [0.29, 0.717) is 0 Å². The second kappa shape index (κ2) is 4.85. The van der Waals surface area contributed by atoms with Gasteiger partial charge in [0.1, 0.15) is 0 Å². The number of hydrogen-bond acceptors (Lipinski definition) is 1. The fourth-order valence-corrected chi connectivity index (χ4v) is 2.61. The summed E-state index contributed by atoms with van der Waals surface area (Å²) in [7, 11) is 0. The van der Waals surface area contributed by atoms with Gasteiger partial charge in [0, 0.05) is 10.9 Å². The molecule has 100 valence electrons. The summed E-state index contributed by atoms with van der Waals surface area (Å²) in [6.45, 7) is 2.03. The van der Waals surface area contributed by atoms with Crippen LogP contribution in [0.5, 0.6) is 0 Å². The molecule has 1 aromatic heterocycles. The van der Waals surface area contributed by atoms with Crippen LogP contribution in [0.4, 0.5) is 0 Å². The molecule has 0 atom stereocenters. The number of H-pyrrole nitrogens is 1. The molecule has 3 heteroatoms. The van der Waals surface area contributed by atoms with E-state index in [1.54, 1.807) is 0 Å². The van der Waals surface area contributed by atoms with Gasteiger partial charge >= 0.3 is 5.97 Å². The summed E-state index contributed by atoms with van der Waals surface area (Å²) in [5.74, 6) is -0.815. The van der Waals surface area contributed by atoms with Gasteiger partial charge < -0.3 is 10.1 Å². The highest BCUT2D eigenvalue weighted by atomic mass is 16.4. The second-order valence-corrected chi connectivity index (χ2v) is 4.91. The second-order valence-electron chi connectivity index (χ2n) is 4.91. The van der Waals surface area contributed by atoms with Gasteiger partial charge in [-0.2, -0.15) is 0 Å². The molecule has 3 aromatic rings. The molecule has 0 aliphatic carbocycles. The van der Waals surface area contributed by atoms with Crippen LogP contribution in [0.15, 0.2) is 48.5 Å². The molecule has 0 bridgehead atoms. The number of carboxylic acid groups (broad SMARTS) is 1. The summed E-state index contributed by atoms with van der Waals surface area (Å²) in [4.78, 5) is 14.6. The van der Waals surface area contributed by atoms with Crippen LogP contribution in [0.2, 0.25) is 0 Å². The first-order valence-corrected chi connectivity index (χ1v) is 6.54. The van der Waals surface area contributed by atoms with Crippen LogP contribution in [-0.4, -0.2) is 16.1 Å². The van der Waals surface area contributed by atoms with E-state index < -0.39 is 5.97 Å².